The number of rotatable bonds is 3. The van der Waals surface area contributed by atoms with Crippen LogP contribution in [-0.2, 0) is 0 Å². The molecule has 0 aliphatic rings. The molecular formula is C18H14N3OS2. The predicted molar refractivity (Wildman–Crippen MR) is 98.8 cm³/mol. The number of ether oxygens (including phenoxy) is 1. The number of hydrogen-bond donors (Lipinski definition) is 0. The van der Waals surface area contributed by atoms with Gasteiger partial charge in [-0.2, -0.15) is 0 Å². The van der Waals surface area contributed by atoms with Crippen molar-refractivity contribution in [2.75, 3.05) is 7.11 Å². The standard InChI is InChI=1S/C18H14N3OS2/c1-10-17(24-11(2)19-10)16-9-23-18(21-16)15-6-4-12-8-13(22-3)5-7-14(12)20-15/h4-6,8-9H,1-3H3. The van der Waals surface area contributed by atoms with Gasteiger partial charge in [-0.15, -0.1) is 22.7 Å². The Morgan fingerprint density at radius 2 is 1.96 bits per heavy atom. The van der Waals surface area contributed by atoms with Crippen molar-refractivity contribution in [1.82, 2.24) is 15.0 Å². The van der Waals surface area contributed by atoms with Gasteiger partial charge in [-0.1, -0.05) is 6.07 Å². The van der Waals surface area contributed by atoms with E-state index in [1.807, 2.05) is 32.0 Å². The monoisotopic (exact) mass is 352 g/mol. The normalized spacial score (nSPS) is 11.1. The lowest BCUT2D eigenvalue weighted by molar-refractivity contribution is 0.415. The first-order chi connectivity index (χ1) is 11.6. The molecule has 0 amide bonds. The van der Waals surface area contributed by atoms with Crippen molar-refractivity contribution < 1.29 is 4.74 Å². The molecule has 3 aromatic heterocycles. The average Bonchev–Trinajstić information content (AvgIpc) is 3.20. The lowest BCUT2D eigenvalue weighted by atomic mass is 10.2. The second-order valence-electron chi connectivity index (χ2n) is 5.36. The second-order valence-corrected chi connectivity index (χ2v) is 7.42. The Labute approximate surface area is 147 Å². The first-order valence-electron chi connectivity index (χ1n) is 7.41. The summed E-state index contributed by atoms with van der Waals surface area (Å²) in [5, 5.41) is 5.04. The van der Waals surface area contributed by atoms with Gasteiger partial charge in [-0.25, -0.2) is 15.0 Å². The number of thiazole rings is 2. The summed E-state index contributed by atoms with van der Waals surface area (Å²) in [4.78, 5) is 15.0. The van der Waals surface area contributed by atoms with Crippen LogP contribution in [0.25, 0.3) is 32.2 Å². The Balaban J connectivity index is 1.74. The number of pyridine rings is 1. The lowest BCUT2D eigenvalue weighted by Gasteiger charge is -2.03. The minimum absolute atomic E-state index is 0.782. The fourth-order valence-electron chi connectivity index (χ4n) is 2.54. The summed E-state index contributed by atoms with van der Waals surface area (Å²) in [7, 11) is 1.65. The third-order valence-electron chi connectivity index (χ3n) is 3.67. The van der Waals surface area contributed by atoms with Gasteiger partial charge in [0, 0.05) is 16.8 Å². The molecule has 0 saturated heterocycles. The minimum Gasteiger partial charge on any atom is -0.497 e. The summed E-state index contributed by atoms with van der Waals surface area (Å²) in [5.74, 6) is 0.782. The largest absolute Gasteiger partial charge is 0.497 e. The summed E-state index contributed by atoms with van der Waals surface area (Å²) < 4.78 is 5.23. The molecule has 1 radical (unpaired) electrons. The third kappa shape index (κ3) is 2.68. The molecule has 0 saturated carbocycles. The zero-order valence-electron chi connectivity index (χ0n) is 13.5. The molecule has 0 N–H and O–H groups in total. The van der Waals surface area contributed by atoms with Crippen molar-refractivity contribution >= 4 is 33.6 Å². The maximum Gasteiger partial charge on any atom is 0.142 e. The van der Waals surface area contributed by atoms with E-state index in [0.717, 1.165) is 48.6 Å². The van der Waals surface area contributed by atoms with Gasteiger partial charge in [0.05, 0.1) is 39.6 Å². The van der Waals surface area contributed by atoms with E-state index in [1.54, 1.807) is 35.8 Å². The van der Waals surface area contributed by atoms with E-state index < -0.39 is 0 Å². The van der Waals surface area contributed by atoms with Crippen LogP contribution in [0.4, 0.5) is 0 Å². The summed E-state index contributed by atoms with van der Waals surface area (Å²) in [5.41, 5.74) is 3.67. The van der Waals surface area contributed by atoms with Gasteiger partial charge in [0.15, 0.2) is 0 Å². The molecule has 1 aromatic carbocycles. The van der Waals surface area contributed by atoms with Crippen LogP contribution in [0.2, 0.25) is 0 Å². The van der Waals surface area contributed by atoms with Crippen molar-refractivity contribution in [2.24, 2.45) is 0 Å². The molecule has 0 aliphatic carbocycles. The highest BCUT2D eigenvalue weighted by Crippen LogP contribution is 2.33. The van der Waals surface area contributed by atoms with Gasteiger partial charge in [0.2, 0.25) is 0 Å². The van der Waals surface area contributed by atoms with Gasteiger partial charge >= 0.3 is 0 Å². The van der Waals surface area contributed by atoms with E-state index in [9.17, 15) is 0 Å². The molecule has 4 aromatic rings. The van der Waals surface area contributed by atoms with E-state index >= 15 is 0 Å². The zero-order chi connectivity index (χ0) is 16.7. The highest BCUT2D eigenvalue weighted by molar-refractivity contribution is 7.16. The minimum atomic E-state index is 0.782. The van der Waals surface area contributed by atoms with Crippen LogP contribution in [0, 0.1) is 19.9 Å². The molecule has 4 nitrogen and oxygen atoms in total. The van der Waals surface area contributed by atoms with Gasteiger partial charge in [-0.05, 0) is 32.0 Å². The first-order valence-corrected chi connectivity index (χ1v) is 9.10. The van der Waals surface area contributed by atoms with Crippen molar-refractivity contribution in [3.8, 4) is 27.0 Å². The van der Waals surface area contributed by atoms with E-state index in [1.165, 1.54) is 0 Å². The van der Waals surface area contributed by atoms with Gasteiger partial charge in [0.25, 0.3) is 0 Å². The van der Waals surface area contributed by atoms with Gasteiger partial charge in [-0.3, -0.25) is 0 Å². The summed E-state index contributed by atoms with van der Waals surface area (Å²) in [6.45, 7) is 4.04. The van der Waals surface area contributed by atoms with Gasteiger partial charge < -0.3 is 4.74 Å². The summed E-state index contributed by atoms with van der Waals surface area (Å²) >= 11 is 3.27. The maximum atomic E-state index is 5.23. The summed E-state index contributed by atoms with van der Waals surface area (Å²) in [6, 6.07) is 10.9. The highest BCUT2D eigenvalue weighted by atomic mass is 32.1. The number of fused-ring (bicyclic) bond motifs is 1. The first kappa shape index (κ1) is 15.2. The molecule has 0 bridgehead atoms. The molecule has 0 aliphatic heterocycles. The second kappa shape index (κ2) is 5.96. The molecular weight excluding hydrogens is 338 g/mol. The molecule has 0 atom stereocenters. The Hall–Kier alpha value is -2.31. The number of nitrogens with zero attached hydrogens (tertiary/aromatic N) is 3. The van der Waals surface area contributed by atoms with Crippen LogP contribution in [0.5, 0.6) is 5.75 Å². The fraction of sp³-hybridized carbons (Fsp3) is 0.167. The van der Waals surface area contributed by atoms with Crippen LogP contribution >= 0.6 is 22.7 Å². The predicted octanol–water partition coefficient (Wildman–Crippen LogP) is 4.91. The van der Waals surface area contributed by atoms with Crippen molar-refractivity contribution in [3.05, 3.63) is 46.4 Å². The van der Waals surface area contributed by atoms with E-state index in [2.05, 4.69) is 21.4 Å². The highest BCUT2D eigenvalue weighted by Gasteiger charge is 2.13. The van der Waals surface area contributed by atoms with Gasteiger partial charge in [0.1, 0.15) is 10.8 Å². The van der Waals surface area contributed by atoms with E-state index in [4.69, 9.17) is 9.72 Å². The van der Waals surface area contributed by atoms with Crippen LogP contribution in [0.1, 0.15) is 10.7 Å². The Bertz CT molecular complexity index is 1040. The van der Waals surface area contributed by atoms with Crippen LogP contribution in [0.3, 0.4) is 0 Å². The Morgan fingerprint density at radius 3 is 2.71 bits per heavy atom. The molecule has 0 fully saturated rings. The number of aryl methyl sites for hydroxylation is 2. The summed E-state index contributed by atoms with van der Waals surface area (Å²) in [6.07, 6.45) is 0. The van der Waals surface area contributed by atoms with E-state index in [-0.39, 0.29) is 0 Å². The Morgan fingerprint density at radius 1 is 1.08 bits per heavy atom. The molecule has 3 heterocycles. The molecule has 4 rings (SSSR count). The smallest absolute Gasteiger partial charge is 0.142 e. The average molecular weight is 352 g/mol. The van der Waals surface area contributed by atoms with Crippen LogP contribution in [-0.4, -0.2) is 22.1 Å². The third-order valence-corrected chi connectivity index (χ3v) is 5.63. The van der Waals surface area contributed by atoms with Crippen molar-refractivity contribution in [2.45, 2.75) is 13.8 Å². The van der Waals surface area contributed by atoms with E-state index in [0.29, 0.717) is 0 Å². The number of benzene rings is 1. The molecule has 0 spiro atoms. The SMILES string of the molecule is COc1c[c]c2nc(-c3nc(-c4sc(C)nc4C)cs3)ccc2c1. The zero-order valence-corrected chi connectivity index (χ0v) is 15.1. The number of methoxy groups -OCH3 is 1. The topological polar surface area (TPSA) is 47.9 Å². The van der Waals surface area contributed by atoms with Crippen molar-refractivity contribution in [3.63, 3.8) is 0 Å². The number of hydrogen-bond acceptors (Lipinski definition) is 6. The molecule has 6 heteroatoms. The molecule has 0 unspecified atom stereocenters. The Kier molecular flexibility index (Phi) is 3.78. The number of aromatic nitrogens is 3. The molecule has 24 heavy (non-hydrogen) atoms. The fourth-order valence-corrected chi connectivity index (χ4v) is 4.27. The van der Waals surface area contributed by atoms with Crippen molar-refractivity contribution in [1.29, 1.82) is 0 Å². The molecule has 119 valence electrons. The lowest BCUT2D eigenvalue weighted by Crippen LogP contribution is -1.87. The van der Waals surface area contributed by atoms with Crippen LogP contribution in [0.15, 0.2) is 29.6 Å². The van der Waals surface area contributed by atoms with Crippen LogP contribution < -0.4 is 4.74 Å². The quantitative estimate of drug-likeness (QED) is 0.526. The maximum absolute atomic E-state index is 5.23.